The molecule has 6 aromatic rings. The number of hydrogen-bond acceptors (Lipinski definition) is 4. The topological polar surface area (TPSA) is 97.3 Å². The third-order valence-electron chi connectivity index (χ3n) is 7.78. The Labute approximate surface area is 286 Å². The van der Waals surface area contributed by atoms with Gasteiger partial charge in [0.1, 0.15) is 6.04 Å². The number of para-hydroxylation sites is 1. The monoisotopic (exact) mass is 725 g/mol. The molecule has 0 saturated carbocycles. The first-order valence-electron chi connectivity index (χ1n) is 14.8. The second kappa shape index (κ2) is 14.0. The Morgan fingerprint density at radius 3 is 2.02 bits per heavy atom. The van der Waals surface area contributed by atoms with Gasteiger partial charge in [0.25, 0.3) is 21.8 Å². The average Bonchev–Trinajstić information content (AvgIpc) is 3.44. The molecule has 0 saturated heterocycles. The minimum absolute atomic E-state index is 0.0497. The van der Waals surface area contributed by atoms with Crippen LogP contribution in [-0.2, 0) is 27.8 Å². The Balaban J connectivity index is 1.26. The Hall–Kier alpha value is -4.70. The summed E-state index contributed by atoms with van der Waals surface area (Å²) in [7, 11) is -4.16. The van der Waals surface area contributed by atoms with Gasteiger partial charge in [-0.3, -0.25) is 9.59 Å². The van der Waals surface area contributed by atoms with Crippen LogP contribution in [0.25, 0.3) is 22.0 Å². The van der Waals surface area contributed by atoms with Crippen molar-refractivity contribution in [1.82, 2.24) is 14.6 Å². The normalized spacial score (nSPS) is 12.0. The number of amides is 2. The van der Waals surface area contributed by atoms with Gasteiger partial charge < -0.3 is 9.88 Å². The molecule has 1 atom stereocenters. The van der Waals surface area contributed by atoms with E-state index in [1.807, 2.05) is 102 Å². The van der Waals surface area contributed by atoms with Crippen LogP contribution in [0.2, 0.25) is 5.02 Å². The number of nitrogens with one attached hydrogen (secondary N) is 2. The molecular formula is C37H29BrClN3O4S. The lowest BCUT2D eigenvalue weighted by molar-refractivity contribution is -0.121. The minimum Gasteiger partial charge on any atom is -0.342 e. The van der Waals surface area contributed by atoms with Crippen LogP contribution in [0.1, 0.15) is 21.5 Å². The van der Waals surface area contributed by atoms with Crippen LogP contribution >= 0.6 is 27.5 Å². The SMILES string of the molecule is O=C(N[C@@H](Cc1ccc(Br)cc1)C(=O)NS(=O)(=O)c1ccccc1)c1cn(Cc2ccc(-c3ccc(Cl)cc3)cc2)c2ccccc12. The molecule has 5 aromatic carbocycles. The molecule has 1 heterocycles. The quantitative estimate of drug-likeness (QED) is 0.152. The zero-order valence-electron chi connectivity index (χ0n) is 24.9. The molecule has 0 aliphatic heterocycles. The van der Waals surface area contributed by atoms with E-state index in [2.05, 4.69) is 26.0 Å². The molecule has 2 amide bonds. The van der Waals surface area contributed by atoms with E-state index >= 15 is 0 Å². The number of halogens is 2. The standard InChI is InChI=1S/C37H29BrClN3O4S/c38-29-18-12-25(13-19-29)22-34(37(44)41-47(45,46)31-6-2-1-3-7-31)40-36(43)33-24-42(35-9-5-4-8-32(33)35)23-26-10-14-27(15-11-26)28-16-20-30(39)21-17-28/h1-21,24,34H,22-23H2,(H,40,43)(H,41,44)/t34-/m0/s1. The molecule has 0 bridgehead atoms. The number of nitrogens with zero attached hydrogens (tertiary/aromatic N) is 1. The van der Waals surface area contributed by atoms with Crippen LogP contribution in [0.4, 0.5) is 0 Å². The van der Waals surface area contributed by atoms with Gasteiger partial charge in [-0.25, -0.2) is 13.1 Å². The number of carbonyl (C=O) groups excluding carboxylic acids is 2. The number of benzene rings is 5. The third-order valence-corrected chi connectivity index (χ3v) is 9.92. The number of aromatic nitrogens is 1. The summed E-state index contributed by atoms with van der Waals surface area (Å²) in [6.07, 6.45) is 1.84. The van der Waals surface area contributed by atoms with E-state index in [1.165, 1.54) is 12.1 Å². The van der Waals surface area contributed by atoms with E-state index in [-0.39, 0.29) is 11.3 Å². The highest BCUT2D eigenvalue weighted by Gasteiger charge is 2.28. The highest BCUT2D eigenvalue weighted by Crippen LogP contribution is 2.25. The van der Waals surface area contributed by atoms with Crippen LogP contribution in [-0.4, -0.2) is 30.8 Å². The first kappa shape index (κ1) is 32.2. The lowest BCUT2D eigenvalue weighted by Gasteiger charge is -2.19. The second-order valence-corrected chi connectivity index (χ2v) is 14.1. The summed E-state index contributed by atoms with van der Waals surface area (Å²) in [5, 5.41) is 4.21. The molecule has 236 valence electrons. The molecule has 10 heteroatoms. The minimum atomic E-state index is -4.16. The van der Waals surface area contributed by atoms with Gasteiger partial charge in [-0.05, 0) is 64.7 Å². The van der Waals surface area contributed by atoms with E-state index in [0.717, 1.165) is 32.2 Å². The number of rotatable bonds is 10. The molecule has 6 rings (SSSR count). The molecular weight excluding hydrogens is 698 g/mol. The van der Waals surface area contributed by atoms with Crippen LogP contribution in [0.15, 0.2) is 143 Å². The fourth-order valence-corrected chi connectivity index (χ4v) is 6.79. The maximum atomic E-state index is 13.9. The maximum absolute atomic E-state index is 13.9. The molecule has 0 fully saturated rings. The number of sulfonamides is 1. The van der Waals surface area contributed by atoms with Gasteiger partial charge >= 0.3 is 0 Å². The molecule has 0 aliphatic carbocycles. The lowest BCUT2D eigenvalue weighted by atomic mass is 10.0. The summed E-state index contributed by atoms with van der Waals surface area (Å²) in [5.41, 5.74) is 5.12. The van der Waals surface area contributed by atoms with Crippen molar-refractivity contribution >= 4 is 60.3 Å². The molecule has 1 aromatic heterocycles. The predicted molar refractivity (Wildman–Crippen MR) is 189 cm³/mol. The van der Waals surface area contributed by atoms with E-state index < -0.39 is 27.9 Å². The zero-order valence-corrected chi connectivity index (χ0v) is 28.1. The number of hydrogen-bond donors (Lipinski definition) is 2. The zero-order chi connectivity index (χ0) is 33.0. The highest BCUT2D eigenvalue weighted by molar-refractivity contribution is 9.10. The number of fused-ring (bicyclic) bond motifs is 1. The Kier molecular flexibility index (Phi) is 9.58. The molecule has 0 unspecified atom stereocenters. The van der Waals surface area contributed by atoms with E-state index in [9.17, 15) is 18.0 Å². The largest absolute Gasteiger partial charge is 0.342 e. The van der Waals surface area contributed by atoms with Crippen molar-refractivity contribution < 1.29 is 18.0 Å². The van der Waals surface area contributed by atoms with Gasteiger partial charge in [-0.1, -0.05) is 112 Å². The van der Waals surface area contributed by atoms with Gasteiger partial charge in [0, 0.05) is 39.6 Å². The Morgan fingerprint density at radius 1 is 0.745 bits per heavy atom. The predicted octanol–water partition coefficient (Wildman–Crippen LogP) is 7.62. The van der Waals surface area contributed by atoms with Crippen molar-refractivity contribution in [1.29, 1.82) is 0 Å². The van der Waals surface area contributed by atoms with Gasteiger partial charge in [-0.2, -0.15) is 0 Å². The molecule has 0 aliphatic rings. The van der Waals surface area contributed by atoms with E-state index in [1.54, 1.807) is 24.4 Å². The van der Waals surface area contributed by atoms with Gasteiger partial charge in [0.2, 0.25) is 0 Å². The molecule has 7 nitrogen and oxygen atoms in total. The van der Waals surface area contributed by atoms with Crippen LogP contribution < -0.4 is 10.0 Å². The summed E-state index contributed by atoms with van der Waals surface area (Å²) in [6, 6.07) is 37.1. The van der Waals surface area contributed by atoms with Gasteiger partial charge in [0.05, 0.1) is 10.5 Å². The van der Waals surface area contributed by atoms with Crippen molar-refractivity contribution in [3.05, 3.63) is 160 Å². The first-order chi connectivity index (χ1) is 22.7. The molecule has 47 heavy (non-hydrogen) atoms. The Morgan fingerprint density at radius 2 is 1.34 bits per heavy atom. The fourth-order valence-electron chi connectivity index (χ4n) is 5.36. The summed E-state index contributed by atoms with van der Waals surface area (Å²) in [5.74, 6) is -1.33. The smallest absolute Gasteiger partial charge is 0.264 e. The summed E-state index contributed by atoms with van der Waals surface area (Å²) in [4.78, 5) is 27.3. The van der Waals surface area contributed by atoms with E-state index in [4.69, 9.17) is 11.6 Å². The van der Waals surface area contributed by atoms with Crippen molar-refractivity contribution in [2.75, 3.05) is 0 Å². The maximum Gasteiger partial charge on any atom is 0.264 e. The lowest BCUT2D eigenvalue weighted by Crippen LogP contribution is -2.49. The van der Waals surface area contributed by atoms with Gasteiger partial charge in [0.15, 0.2) is 0 Å². The van der Waals surface area contributed by atoms with Crippen LogP contribution in [0.5, 0.6) is 0 Å². The summed E-state index contributed by atoms with van der Waals surface area (Å²) >= 11 is 9.45. The summed E-state index contributed by atoms with van der Waals surface area (Å²) < 4.78 is 31.0. The molecule has 0 spiro atoms. The van der Waals surface area contributed by atoms with Crippen LogP contribution in [0.3, 0.4) is 0 Å². The molecule has 0 radical (unpaired) electrons. The second-order valence-electron chi connectivity index (χ2n) is 11.0. The fraction of sp³-hybridized carbons (Fsp3) is 0.0811. The third kappa shape index (κ3) is 7.65. The number of carbonyl (C=O) groups is 2. The first-order valence-corrected chi connectivity index (χ1v) is 17.4. The summed E-state index contributed by atoms with van der Waals surface area (Å²) in [6.45, 7) is 0.507. The van der Waals surface area contributed by atoms with E-state index in [0.29, 0.717) is 22.5 Å². The average molecular weight is 727 g/mol. The van der Waals surface area contributed by atoms with Crippen LogP contribution in [0, 0.1) is 0 Å². The van der Waals surface area contributed by atoms with Gasteiger partial charge in [-0.15, -0.1) is 0 Å². The Bertz CT molecular complexity index is 2150. The molecule has 2 N–H and O–H groups in total. The van der Waals surface area contributed by atoms with Crippen molar-refractivity contribution in [3.8, 4) is 11.1 Å². The van der Waals surface area contributed by atoms with Crippen molar-refractivity contribution in [2.45, 2.75) is 23.9 Å². The van der Waals surface area contributed by atoms with Crippen molar-refractivity contribution in [3.63, 3.8) is 0 Å². The highest BCUT2D eigenvalue weighted by atomic mass is 79.9. The van der Waals surface area contributed by atoms with Crippen molar-refractivity contribution in [2.24, 2.45) is 0 Å².